The smallest absolute Gasteiger partial charge is 0.310 e. The SMILES string of the molecule is COC(=O)C1CCc2c(ccc(OC)c2OC)C1N. The summed E-state index contributed by atoms with van der Waals surface area (Å²) in [6.07, 6.45) is 1.38. The number of ether oxygens (including phenoxy) is 3. The fourth-order valence-corrected chi connectivity index (χ4v) is 2.69. The first-order valence-electron chi connectivity index (χ1n) is 6.21. The summed E-state index contributed by atoms with van der Waals surface area (Å²) >= 11 is 0. The Kier molecular flexibility index (Phi) is 3.95. The molecule has 0 saturated heterocycles. The van der Waals surface area contributed by atoms with E-state index in [1.807, 2.05) is 12.1 Å². The summed E-state index contributed by atoms with van der Waals surface area (Å²) < 4.78 is 15.5. The number of hydrogen-bond donors (Lipinski definition) is 1. The summed E-state index contributed by atoms with van der Waals surface area (Å²) in [5.74, 6) is 0.840. The molecule has 1 aliphatic carbocycles. The van der Waals surface area contributed by atoms with Gasteiger partial charge in [-0.25, -0.2) is 0 Å². The molecule has 2 N–H and O–H groups in total. The lowest BCUT2D eigenvalue weighted by molar-refractivity contribution is -0.146. The van der Waals surface area contributed by atoms with E-state index < -0.39 is 0 Å². The molecule has 1 aromatic carbocycles. The predicted octanol–water partition coefficient (Wildman–Crippen LogP) is 1.44. The third-order valence-electron chi connectivity index (χ3n) is 3.69. The van der Waals surface area contributed by atoms with Crippen molar-refractivity contribution in [2.45, 2.75) is 18.9 Å². The number of carbonyl (C=O) groups is 1. The van der Waals surface area contributed by atoms with Crippen molar-refractivity contribution in [3.05, 3.63) is 23.3 Å². The zero-order chi connectivity index (χ0) is 14.0. The molecule has 19 heavy (non-hydrogen) atoms. The molecule has 0 aromatic heterocycles. The topological polar surface area (TPSA) is 70.8 Å². The van der Waals surface area contributed by atoms with Crippen molar-refractivity contribution in [2.24, 2.45) is 11.7 Å². The Morgan fingerprint density at radius 2 is 2.00 bits per heavy atom. The first-order valence-corrected chi connectivity index (χ1v) is 6.21. The van der Waals surface area contributed by atoms with Crippen molar-refractivity contribution in [1.82, 2.24) is 0 Å². The van der Waals surface area contributed by atoms with Crippen LogP contribution in [0.2, 0.25) is 0 Å². The maximum absolute atomic E-state index is 11.7. The molecule has 1 aromatic rings. The van der Waals surface area contributed by atoms with E-state index in [2.05, 4.69) is 0 Å². The maximum atomic E-state index is 11.7. The highest BCUT2D eigenvalue weighted by molar-refractivity contribution is 5.74. The second-order valence-corrected chi connectivity index (χ2v) is 4.56. The first kappa shape index (κ1) is 13.7. The van der Waals surface area contributed by atoms with Gasteiger partial charge < -0.3 is 19.9 Å². The fraction of sp³-hybridized carbons (Fsp3) is 0.500. The van der Waals surface area contributed by atoms with Crippen LogP contribution in [0.4, 0.5) is 0 Å². The maximum Gasteiger partial charge on any atom is 0.310 e. The minimum Gasteiger partial charge on any atom is -0.493 e. The van der Waals surface area contributed by atoms with Gasteiger partial charge in [0.25, 0.3) is 0 Å². The molecule has 104 valence electrons. The molecule has 1 aliphatic rings. The minimum atomic E-state index is -0.365. The van der Waals surface area contributed by atoms with E-state index in [0.717, 1.165) is 17.5 Å². The predicted molar refractivity (Wildman–Crippen MR) is 70.3 cm³/mol. The number of rotatable bonds is 3. The molecule has 0 heterocycles. The number of carbonyl (C=O) groups excluding carboxylic acids is 1. The molecule has 2 unspecified atom stereocenters. The van der Waals surface area contributed by atoms with Crippen molar-refractivity contribution in [3.8, 4) is 11.5 Å². The van der Waals surface area contributed by atoms with Crippen molar-refractivity contribution in [2.75, 3.05) is 21.3 Å². The average Bonchev–Trinajstić information content (AvgIpc) is 2.45. The van der Waals surface area contributed by atoms with Crippen LogP contribution in [-0.4, -0.2) is 27.3 Å². The number of methoxy groups -OCH3 is 3. The Balaban J connectivity index is 2.43. The molecule has 2 rings (SSSR count). The summed E-state index contributed by atoms with van der Waals surface area (Å²) in [6.45, 7) is 0. The van der Waals surface area contributed by atoms with E-state index in [0.29, 0.717) is 17.9 Å². The van der Waals surface area contributed by atoms with Gasteiger partial charge in [-0.05, 0) is 24.5 Å². The van der Waals surface area contributed by atoms with Gasteiger partial charge in [0, 0.05) is 11.6 Å². The Morgan fingerprint density at radius 3 is 2.58 bits per heavy atom. The number of esters is 1. The van der Waals surface area contributed by atoms with Gasteiger partial charge in [-0.1, -0.05) is 6.07 Å². The number of nitrogens with two attached hydrogens (primary N) is 1. The van der Waals surface area contributed by atoms with E-state index in [1.165, 1.54) is 7.11 Å². The first-order chi connectivity index (χ1) is 9.13. The van der Waals surface area contributed by atoms with Crippen molar-refractivity contribution in [3.63, 3.8) is 0 Å². The van der Waals surface area contributed by atoms with Crippen molar-refractivity contribution in [1.29, 1.82) is 0 Å². The third kappa shape index (κ3) is 2.26. The minimum absolute atomic E-state index is 0.257. The standard InChI is InChI=1S/C14H19NO4/c1-17-11-7-6-8-9(13(11)18-2)4-5-10(12(8)15)14(16)19-3/h6-7,10,12H,4-5,15H2,1-3H3. The number of benzene rings is 1. The van der Waals surface area contributed by atoms with Gasteiger partial charge in [-0.15, -0.1) is 0 Å². The highest BCUT2D eigenvalue weighted by atomic mass is 16.5. The molecule has 0 spiro atoms. The van der Waals surface area contributed by atoms with Gasteiger partial charge in [-0.3, -0.25) is 4.79 Å². The largest absolute Gasteiger partial charge is 0.493 e. The molecule has 0 amide bonds. The molecule has 5 heteroatoms. The lowest BCUT2D eigenvalue weighted by Gasteiger charge is -2.30. The van der Waals surface area contributed by atoms with E-state index in [9.17, 15) is 4.79 Å². The summed E-state index contributed by atoms with van der Waals surface area (Å²) in [5, 5.41) is 0. The molecule has 2 atom stereocenters. The molecule has 0 radical (unpaired) electrons. The Morgan fingerprint density at radius 1 is 1.26 bits per heavy atom. The number of hydrogen-bond acceptors (Lipinski definition) is 5. The summed E-state index contributed by atoms with van der Waals surface area (Å²) in [7, 11) is 4.60. The van der Waals surface area contributed by atoms with Crippen LogP contribution in [0.3, 0.4) is 0 Å². The van der Waals surface area contributed by atoms with Crippen LogP contribution in [0.5, 0.6) is 11.5 Å². The molecule has 0 fully saturated rings. The Labute approximate surface area is 112 Å². The normalized spacial score (nSPS) is 21.5. The molecule has 0 aliphatic heterocycles. The van der Waals surface area contributed by atoms with Crippen LogP contribution < -0.4 is 15.2 Å². The Bertz CT molecular complexity index is 487. The van der Waals surface area contributed by atoms with E-state index >= 15 is 0 Å². The van der Waals surface area contributed by atoms with Crippen molar-refractivity contribution < 1.29 is 19.0 Å². The Hall–Kier alpha value is -1.75. The highest BCUT2D eigenvalue weighted by Gasteiger charge is 2.34. The summed E-state index contributed by atoms with van der Waals surface area (Å²) in [5.41, 5.74) is 8.14. The van der Waals surface area contributed by atoms with Crippen LogP contribution in [0, 0.1) is 5.92 Å². The molecule has 0 bridgehead atoms. The molecule has 0 saturated carbocycles. The van der Waals surface area contributed by atoms with Gasteiger partial charge in [-0.2, -0.15) is 0 Å². The second kappa shape index (κ2) is 5.48. The van der Waals surface area contributed by atoms with Crippen molar-refractivity contribution >= 4 is 5.97 Å². The average molecular weight is 265 g/mol. The quantitative estimate of drug-likeness (QED) is 0.837. The summed E-state index contributed by atoms with van der Waals surface area (Å²) in [6, 6.07) is 3.35. The van der Waals surface area contributed by atoms with Gasteiger partial charge in [0.15, 0.2) is 11.5 Å². The summed E-state index contributed by atoms with van der Waals surface area (Å²) in [4.78, 5) is 11.7. The second-order valence-electron chi connectivity index (χ2n) is 4.56. The number of fused-ring (bicyclic) bond motifs is 1. The van der Waals surface area contributed by atoms with Gasteiger partial charge >= 0.3 is 5.97 Å². The van der Waals surface area contributed by atoms with Gasteiger partial charge in [0.2, 0.25) is 0 Å². The van der Waals surface area contributed by atoms with Crippen LogP contribution in [0.25, 0.3) is 0 Å². The van der Waals surface area contributed by atoms with E-state index in [1.54, 1.807) is 14.2 Å². The van der Waals surface area contributed by atoms with E-state index in [-0.39, 0.29) is 17.9 Å². The highest BCUT2D eigenvalue weighted by Crippen LogP contribution is 2.42. The third-order valence-corrected chi connectivity index (χ3v) is 3.69. The monoisotopic (exact) mass is 265 g/mol. The van der Waals surface area contributed by atoms with Gasteiger partial charge in [0.1, 0.15) is 0 Å². The lowest BCUT2D eigenvalue weighted by atomic mass is 9.79. The van der Waals surface area contributed by atoms with Crippen LogP contribution >= 0.6 is 0 Å². The van der Waals surface area contributed by atoms with E-state index in [4.69, 9.17) is 19.9 Å². The zero-order valence-corrected chi connectivity index (χ0v) is 11.4. The van der Waals surface area contributed by atoms with Gasteiger partial charge in [0.05, 0.1) is 27.2 Å². The van der Waals surface area contributed by atoms with Crippen LogP contribution in [0.1, 0.15) is 23.6 Å². The zero-order valence-electron chi connectivity index (χ0n) is 11.4. The molecular weight excluding hydrogens is 246 g/mol. The molecule has 5 nitrogen and oxygen atoms in total. The lowest BCUT2D eigenvalue weighted by Crippen LogP contribution is -2.33. The fourth-order valence-electron chi connectivity index (χ4n) is 2.69. The van der Waals surface area contributed by atoms with Crippen LogP contribution in [0.15, 0.2) is 12.1 Å². The molecular formula is C14H19NO4. The van der Waals surface area contributed by atoms with Crippen LogP contribution in [-0.2, 0) is 16.0 Å².